The summed E-state index contributed by atoms with van der Waals surface area (Å²) in [5, 5.41) is 76.9. The first kappa shape index (κ1) is 63.5. The monoisotopic (exact) mass is 1090 g/mol. The Hall–Kier alpha value is -4.33. The van der Waals surface area contributed by atoms with Crippen LogP contribution in [0.2, 0.25) is 0 Å². The van der Waals surface area contributed by atoms with E-state index in [9.17, 15) is 49.9 Å². The molecule has 77 heavy (non-hydrogen) atoms. The van der Waals surface area contributed by atoms with Gasteiger partial charge in [0.05, 0.1) is 59.7 Å². The van der Waals surface area contributed by atoms with Gasteiger partial charge in [0.2, 0.25) is 5.43 Å². The van der Waals surface area contributed by atoms with Gasteiger partial charge in [-0.05, 0) is 112 Å². The summed E-state index contributed by atoms with van der Waals surface area (Å²) in [5.41, 5.74) is -4.42. The van der Waals surface area contributed by atoms with Crippen LogP contribution in [0.15, 0.2) is 34.3 Å². The molecule has 22 nitrogen and oxygen atoms in total. The quantitative estimate of drug-likeness (QED) is 0.0517. The van der Waals surface area contributed by atoms with Gasteiger partial charge in [-0.15, -0.1) is 0 Å². The van der Waals surface area contributed by atoms with Gasteiger partial charge in [-0.1, -0.05) is 38.9 Å². The van der Waals surface area contributed by atoms with E-state index < -0.39 is 119 Å². The van der Waals surface area contributed by atoms with Gasteiger partial charge in [-0.3, -0.25) is 19.1 Å². The van der Waals surface area contributed by atoms with Crippen molar-refractivity contribution >= 4 is 34.5 Å². The number of aromatic carboxylic acids is 1. The van der Waals surface area contributed by atoms with Gasteiger partial charge in [0.1, 0.15) is 29.0 Å². The van der Waals surface area contributed by atoms with E-state index >= 15 is 0 Å². The molecular weight excluding hydrogens is 1000 g/mol. The number of carbonyl (C=O) groups is 3. The second-order valence-corrected chi connectivity index (χ2v) is 22.9. The second-order valence-electron chi connectivity index (χ2n) is 22.9. The fourth-order valence-corrected chi connectivity index (χ4v) is 11.8. The first-order valence-corrected chi connectivity index (χ1v) is 27.0. The summed E-state index contributed by atoms with van der Waals surface area (Å²) in [6.07, 6.45) is -7.83. The number of aromatic nitrogens is 1. The molecule has 0 amide bonds. The van der Waals surface area contributed by atoms with Crippen LogP contribution in [-0.4, -0.2) is 197 Å². The lowest BCUT2D eigenvalue weighted by Gasteiger charge is -2.49. The highest BCUT2D eigenvalue weighted by atomic mass is 16.7. The molecule has 3 saturated heterocycles. The minimum Gasteiger partial charge on any atom is -0.477 e. The van der Waals surface area contributed by atoms with Gasteiger partial charge in [-0.25, -0.2) is 4.79 Å². The number of aliphatic hydroxyl groups excluding tert-OH is 2. The molecule has 0 aliphatic carbocycles. The standard InChI is InChI=1S/C55H89N5O17/c1-16-40-55(10,69)47(64)31(4)43(57-70)29(2)26-53(8,68)48(77-52-45(63)39(58(11)12)24-30(3)72-52)32(5)46(33(6)51(67)74-40)76-42-27-54(9,71-15)49(34(7)73-42)75-41(61)21-23-56-22-17-18-35-19-20-38-36(25-35)44(62)37(50(65)66)28-60(38)59(13)14/h19-20,25,28-34,39-40,42,45-49,52,56,63-64,68-70H,16-18,21-24,26-27H2,1-15H3,(H,65,66)/b57-43+/t29-,30-,31?,32+,33-,34+,39+,40-,42+,45-,46+,47-,48-,49+,52+,53-,54-,55-/m1/s1. The Morgan fingerprint density at radius 2 is 1.61 bits per heavy atom. The number of ether oxygens (including phenoxy) is 7. The highest BCUT2D eigenvalue weighted by Gasteiger charge is 2.54. The molecule has 1 aromatic heterocycles. The number of carboxylic acid groups (broad SMARTS) is 1. The van der Waals surface area contributed by atoms with Gasteiger partial charge >= 0.3 is 17.9 Å². The van der Waals surface area contributed by atoms with Gasteiger partial charge in [0.15, 0.2) is 18.7 Å². The second kappa shape index (κ2) is 26.3. The molecule has 18 atom stereocenters. The van der Waals surface area contributed by atoms with Crippen molar-refractivity contribution in [3.05, 3.63) is 45.7 Å². The lowest BCUT2D eigenvalue weighted by atomic mass is 9.73. The predicted molar refractivity (Wildman–Crippen MR) is 285 cm³/mol. The molecule has 3 aliphatic heterocycles. The first-order chi connectivity index (χ1) is 35.9. The first-order valence-electron chi connectivity index (χ1n) is 27.0. The van der Waals surface area contributed by atoms with E-state index in [1.165, 1.54) is 27.2 Å². The number of nitrogens with zero attached hydrogens (tertiary/aromatic N) is 4. The van der Waals surface area contributed by atoms with Crippen LogP contribution in [0.25, 0.3) is 10.9 Å². The minimum absolute atomic E-state index is 0.00251. The number of carbonyl (C=O) groups excluding carboxylic acids is 2. The average Bonchev–Trinajstić information content (AvgIpc) is 3.36. The maximum absolute atomic E-state index is 14.5. The fraction of sp³-hybridized carbons (Fsp3) is 0.764. The average molecular weight is 1090 g/mol. The lowest BCUT2D eigenvalue weighted by molar-refractivity contribution is -0.318. The molecular formula is C55H89N5O17. The van der Waals surface area contributed by atoms with Crippen LogP contribution >= 0.6 is 0 Å². The lowest BCUT2D eigenvalue weighted by Crippen LogP contribution is -2.61. The highest BCUT2D eigenvalue weighted by Crippen LogP contribution is 2.42. The molecule has 0 bridgehead atoms. The van der Waals surface area contributed by atoms with E-state index in [1.807, 2.05) is 32.0 Å². The number of cyclic esters (lactones) is 1. The fourth-order valence-electron chi connectivity index (χ4n) is 11.8. The Morgan fingerprint density at radius 3 is 2.21 bits per heavy atom. The SMILES string of the molecule is CC[C@H]1OC(=O)[C@H](C)[C@@H](O[C@H]2C[C@@](C)(OC)[C@@H](OC(=O)CCNCCCc3ccc4c(c3)c(=O)c(C(=O)O)cn4N(C)C)[C@H](C)O2)[C@H](C)[C@@H](O[C@@H]2O[C@H](C)C[C@H](N(C)C)[C@H]2O)[C@](C)(O)C[C@@H](C)/C(=N\O)C(C)[C@@H](O)[C@]1(C)O. The Bertz CT molecular complexity index is 2410. The summed E-state index contributed by atoms with van der Waals surface area (Å²) in [5.74, 6) is -6.39. The maximum atomic E-state index is 14.5. The van der Waals surface area contributed by atoms with Crippen molar-refractivity contribution in [2.24, 2.45) is 28.8 Å². The number of rotatable bonds is 17. The molecule has 0 saturated carbocycles. The Kier molecular flexibility index (Phi) is 21.7. The smallest absolute Gasteiger partial charge is 0.341 e. The summed E-state index contributed by atoms with van der Waals surface area (Å²) in [6.45, 7) is 17.4. The molecule has 3 fully saturated rings. The number of carboxylic acids is 1. The van der Waals surface area contributed by atoms with Crippen molar-refractivity contribution in [1.82, 2.24) is 14.9 Å². The van der Waals surface area contributed by atoms with Crippen molar-refractivity contribution in [3.63, 3.8) is 0 Å². The highest BCUT2D eigenvalue weighted by molar-refractivity contribution is 5.93. The minimum atomic E-state index is -2.03. The third kappa shape index (κ3) is 14.5. The van der Waals surface area contributed by atoms with Crippen LogP contribution in [-0.2, 0) is 49.2 Å². The summed E-state index contributed by atoms with van der Waals surface area (Å²) in [7, 11) is 8.66. The number of benzene rings is 1. The van der Waals surface area contributed by atoms with Crippen LogP contribution in [0.1, 0.15) is 124 Å². The Labute approximate surface area is 452 Å². The summed E-state index contributed by atoms with van der Waals surface area (Å²) in [6, 6.07) is 5.04. The number of oxime groups is 1. The molecule has 1 unspecified atom stereocenters. The van der Waals surface area contributed by atoms with Crippen molar-refractivity contribution in [2.75, 3.05) is 53.4 Å². The maximum Gasteiger partial charge on any atom is 0.341 e. The summed E-state index contributed by atoms with van der Waals surface area (Å²) >= 11 is 0. The van der Waals surface area contributed by atoms with Crippen LogP contribution < -0.4 is 15.8 Å². The third-order valence-corrected chi connectivity index (χ3v) is 16.2. The molecule has 2 aromatic rings. The topological polar surface area (TPSA) is 290 Å². The van der Waals surface area contributed by atoms with E-state index in [1.54, 1.807) is 84.4 Å². The number of nitrogens with one attached hydrogen (secondary N) is 1. The number of hydrogen-bond donors (Lipinski definition) is 7. The van der Waals surface area contributed by atoms with Gasteiger partial charge in [0.25, 0.3) is 0 Å². The molecule has 436 valence electrons. The largest absolute Gasteiger partial charge is 0.477 e. The summed E-state index contributed by atoms with van der Waals surface area (Å²) in [4.78, 5) is 54.8. The van der Waals surface area contributed by atoms with Crippen molar-refractivity contribution in [3.8, 4) is 0 Å². The van der Waals surface area contributed by atoms with Crippen LogP contribution in [0.4, 0.5) is 0 Å². The molecule has 1 aromatic carbocycles. The molecule has 4 heterocycles. The number of methoxy groups -OCH3 is 1. The number of pyridine rings is 1. The zero-order valence-electron chi connectivity index (χ0n) is 47.8. The molecule has 3 aliphatic rings. The zero-order valence-corrected chi connectivity index (χ0v) is 47.8. The van der Waals surface area contributed by atoms with E-state index in [0.717, 1.165) is 5.56 Å². The number of likely N-dealkylation sites (N-methyl/N-ethyl adjacent to an activating group) is 1. The molecule has 22 heteroatoms. The molecule has 5 rings (SSSR count). The molecule has 0 spiro atoms. The van der Waals surface area contributed by atoms with Gasteiger partial charge in [-0.2, -0.15) is 0 Å². The number of aliphatic hydroxyl groups is 4. The van der Waals surface area contributed by atoms with Crippen molar-refractivity contribution in [1.29, 1.82) is 0 Å². The number of aryl methyl sites for hydroxylation is 1. The molecule has 7 N–H and O–H groups in total. The number of hydrogen-bond acceptors (Lipinski definition) is 20. The van der Waals surface area contributed by atoms with E-state index in [0.29, 0.717) is 43.3 Å². The van der Waals surface area contributed by atoms with E-state index in [-0.39, 0.29) is 49.1 Å². The Balaban J connectivity index is 1.35. The van der Waals surface area contributed by atoms with E-state index in [4.69, 9.17) is 33.2 Å². The normalized spacial score (nSPS) is 37.3. The van der Waals surface area contributed by atoms with Crippen LogP contribution in [0.3, 0.4) is 0 Å². The van der Waals surface area contributed by atoms with E-state index in [2.05, 4.69) is 10.5 Å². The van der Waals surface area contributed by atoms with Crippen molar-refractivity contribution in [2.45, 2.75) is 198 Å². The number of fused-ring (bicyclic) bond motifs is 1. The van der Waals surface area contributed by atoms with Gasteiger partial charge < -0.3 is 79.1 Å². The Morgan fingerprint density at radius 1 is 0.935 bits per heavy atom. The van der Waals surface area contributed by atoms with Gasteiger partial charge in [0, 0.05) is 69.5 Å². The van der Waals surface area contributed by atoms with Crippen LogP contribution in [0.5, 0.6) is 0 Å². The summed E-state index contributed by atoms with van der Waals surface area (Å²) < 4.78 is 46.2. The number of esters is 2. The molecule has 0 radical (unpaired) electrons. The zero-order chi connectivity index (χ0) is 57.6. The van der Waals surface area contributed by atoms with Crippen LogP contribution in [0, 0.1) is 23.7 Å². The van der Waals surface area contributed by atoms with Crippen molar-refractivity contribution < 1.29 is 78.3 Å². The third-order valence-electron chi connectivity index (χ3n) is 16.2. The predicted octanol–water partition coefficient (Wildman–Crippen LogP) is 3.42.